The van der Waals surface area contributed by atoms with E-state index in [9.17, 15) is 0 Å². The van der Waals surface area contributed by atoms with Gasteiger partial charge >= 0.3 is 30.8 Å². The minimum Gasteiger partial charge on any atom is 0 e. The van der Waals surface area contributed by atoms with Crippen molar-refractivity contribution in [1.82, 2.24) is 0 Å². The van der Waals surface area contributed by atoms with Crippen LogP contribution in [0.2, 0.25) is 0 Å². The van der Waals surface area contributed by atoms with Crippen molar-refractivity contribution >= 4 is 30.8 Å². The number of carbonyl (C=O) groups is 2. The molecule has 0 aliphatic heterocycles. The first kappa shape index (κ1) is 15.7. The number of hydrogen-bond donors (Lipinski definition) is 2. The van der Waals surface area contributed by atoms with Crippen LogP contribution in [0.15, 0.2) is 0 Å². The van der Waals surface area contributed by atoms with Gasteiger partial charge in [-0.3, -0.25) is 0 Å². The molecule has 8 heavy (non-hydrogen) atoms. The Morgan fingerprint density at radius 2 is 1.12 bits per heavy atom. The molecule has 0 heterocycles. The fourth-order valence-electron chi connectivity index (χ4n) is 0. The Morgan fingerprint density at radius 1 is 1.00 bits per heavy atom. The third-order valence-electron chi connectivity index (χ3n) is 0.183. The summed E-state index contributed by atoms with van der Waals surface area (Å²) in [5, 5.41) is 14.8. The van der Waals surface area contributed by atoms with Crippen LogP contribution in [-0.4, -0.2) is 41.0 Å². The zero-order valence-electron chi connectivity index (χ0n) is 3.12. The molecule has 0 spiro atoms. The minimum absolute atomic E-state index is 0. The van der Waals surface area contributed by atoms with Crippen molar-refractivity contribution in [3.63, 3.8) is 0 Å². The Labute approximate surface area is 71.7 Å². The molecule has 0 unspecified atom stereocenters. The molecule has 0 atom stereocenters. The van der Waals surface area contributed by atoms with Gasteiger partial charge < -0.3 is 10.2 Å². The molecule has 4 nitrogen and oxygen atoms in total. The molecule has 0 aliphatic rings. The van der Waals surface area contributed by atoms with Crippen LogP contribution in [0.5, 0.6) is 0 Å². The monoisotopic (exact) mass is 196 g/mol. The van der Waals surface area contributed by atoms with Crippen LogP contribution in [0.1, 0.15) is 0 Å². The summed E-state index contributed by atoms with van der Waals surface area (Å²) >= 11 is 0. The molecule has 0 radical (unpaired) electrons. The molecule has 0 rings (SSSR count). The van der Waals surface area contributed by atoms with Crippen molar-refractivity contribution in [3.8, 4) is 0 Å². The predicted octanol–water partition coefficient (Wildman–Crippen LogP) is -1.50. The van der Waals surface area contributed by atoms with Gasteiger partial charge in [-0.2, -0.15) is 0 Å². The Balaban J connectivity index is -0.000000125. The SMILES string of the molecule is O=C(O)C(=O)O.[LiH].[Mo]. The Bertz CT molecular complexity index is 80.0. The van der Waals surface area contributed by atoms with Crippen molar-refractivity contribution in [3.05, 3.63) is 0 Å². The molecule has 2 N–H and O–H groups in total. The average Bonchev–Trinajstić information content (AvgIpc) is 1.36. The van der Waals surface area contributed by atoms with E-state index < -0.39 is 11.9 Å². The quantitative estimate of drug-likeness (QED) is 0.363. The van der Waals surface area contributed by atoms with Crippen LogP contribution in [0.25, 0.3) is 0 Å². The van der Waals surface area contributed by atoms with Crippen molar-refractivity contribution in [2.24, 2.45) is 0 Å². The van der Waals surface area contributed by atoms with Crippen LogP contribution >= 0.6 is 0 Å². The van der Waals surface area contributed by atoms with Crippen molar-refractivity contribution in [1.29, 1.82) is 0 Å². The molecule has 0 aromatic rings. The molecule has 0 amide bonds. The number of aliphatic carboxylic acids is 2. The number of carboxylic acids is 2. The fraction of sp³-hybridized carbons (Fsp3) is 0. The third kappa shape index (κ3) is 9.52. The van der Waals surface area contributed by atoms with Gasteiger partial charge in [-0.1, -0.05) is 0 Å². The second-order valence-electron chi connectivity index (χ2n) is 0.610. The normalized spacial score (nSPS) is 5.50. The van der Waals surface area contributed by atoms with E-state index in [1.54, 1.807) is 0 Å². The van der Waals surface area contributed by atoms with Gasteiger partial charge in [0.1, 0.15) is 0 Å². The number of carboxylic acid groups (broad SMARTS) is 2. The first-order valence-corrected chi connectivity index (χ1v) is 1.11. The van der Waals surface area contributed by atoms with Crippen LogP contribution < -0.4 is 0 Å². The summed E-state index contributed by atoms with van der Waals surface area (Å²) in [6.45, 7) is 0. The molecule has 0 aromatic carbocycles. The second-order valence-corrected chi connectivity index (χ2v) is 0.610. The van der Waals surface area contributed by atoms with Gasteiger partial charge in [-0.05, 0) is 0 Å². The summed E-state index contributed by atoms with van der Waals surface area (Å²) in [7, 11) is 0. The smallest absolute Gasteiger partial charge is 0 e. The van der Waals surface area contributed by atoms with Gasteiger partial charge in [0, 0.05) is 21.1 Å². The minimum atomic E-state index is -1.82. The summed E-state index contributed by atoms with van der Waals surface area (Å²) in [5.41, 5.74) is 0. The van der Waals surface area contributed by atoms with Crippen LogP contribution in [0.3, 0.4) is 0 Å². The maximum atomic E-state index is 9.10. The van der Waals surface area contributed by atoms with E-state index in [2.05, 4.69) is 0 Å². The van der Waals surface area contributed by atoms with Gasteiger partial charge in [0.2, 0.25) is 0 Å². The fourth-order valence-corrected chi connectivity index (χ4v) is 0. The summed E-state index contributed by atoms with van der Waals surface area (Å²) in [5.74, 6) is -3.65. The topological polar surface area (TPSA) is 74.6 Å². The molecule has 6 heteroatoms. The number of hydrogen-bond acceptors (Lipinski definition) is 2. The van der Waals surface area contributed by atoms with E-state index in [1.807, 2.05) is 0 Å². The van der Waals surface area contributed by atoms with Crippen molar-refractivity contribution in [2.75, 3.05) is 0 Å². The zero-order valence-corrected chi connectivity index (χ0v) is 5.13. The first-order chi connectivity index (χ1) is 2.64. The molecular weight excluding hydrogens is 191 g/mol. The maximum Gasteiger partial charge on any atom is 0 e. The van der Waals surface area contributed by atoms with Gasteiger partial charge in [-0.25, -0.2) is 9.59 Å². The maximum absolute atomic E-state index is 9.10. The molecule has 0 aliphatic carbocycles. The summed E-state index contributed by atoms with van der Waals surface area (Å²) in [6.07, 6.45) is 0. The Hall–Kier alpha value is 0.226. The van der Waals surface area contributed by atoms with E-state index in [1.165, 1.54) is 0 Å². The van der Waals surface area contributed by atoms with Gasteiger partial charge in [0.05, 0.1) is 0 Å². The molecule has 0 fully saturated rings. The molecule has 0 bridgehead atoms. The largest absolute Gasteiger partial charge is 0 e. The predicted molar refractivity (Wildman–Crippen MR) is 22.4 cm³/mol. The van der Waals surface area contributed by atoms with Crippen molar-refractivity contribution < 1.29 is 40.9 Å². The molecule has 0 saturated carbocycles. The number of rotatable bonds is 0. The Kier molecular flexibility index (Phi) is 14.2. The third-order valence-corrected chi connectivity index (χ3v) is 0.183. The first-order valence-electron chi connectivity index (χ1n) is 1.11. The zero-order chi connectivity index (χ0) is 5.15. The Morgan fingerprint density at radius 3 is 1.12 bits per heavy atom. The van der Waals surface area contributed by atoms with E-state index in [4.69, 9.17) is 19.8 Å². The average molecular weight is 194 g/mol. The molecule has 0 saturated heterocycles. The molecular formula is C2H3LiMoO4. The van der Waals surface area contributed by atoms with Crippen molar-refractivity contribution in [2.45, 2.75) is 0 Å². The summed E-state index contributed by atoms with van der Waals surface area (Å²) < 4.78 is 0. The standard InChI is InChI=1S/C2H2O4.Li.Mo.H/c3-1(4)2(5)6;;;/h(H,3,4)(H,5,6);;;. The second kappa shape index (κ2) is 7.23. The summed E-state index contributed by atoms with van der Waals surface area (Å²) in [6, 6.07) is 0. The molecule has 42 valence electrons. The van der Waals surface area contributed by atoms with E-state index in [-0.39, 0.29) is 39.9 Å². The molecule has 0 aromatic heterocycles. The van der Waals surface area contributed by atoms with E-state index >= 15 is 0 Å². The van der Waals surface area contributed by atoms with E-state index in [0.29, 0.717) is 0 Å². The van der Waals surface area contributed by atoms with E-state index in [0.717, 1.165) is 0 Å². The van der Waals surface area contributed by atoms with Crippen LogP contribution in [0.4, 0.5) is 0 Å². The summed E-state index contributed by atoms with van der Waals surface area (Å²) in [4.78, 5) is 18.2. The van der Waals surface area contributed by atoms with Crippen LogP contribution in [0, 0.1) is 0 Å². The van der Waals surface area contributed by atoms with Crippen LogP contribution in [-0.2, 0) is 30.7 Å². The van der Waals surface area contributed by atoms with Gasteiger partial charge in [0.25, 0.3) is 0 Å². The van der Waals surface area contributed by atoms with Gasteiger partial charge in [0.15, 0.2) is 0 Å². The van der Waals surface area contributed by atoms with Gasteiger partial charge in [-0.15, -0.1) is 0 Å².